The molecule has 1 atom stereocenters. The first-order chi connectivity index (χ1) is 10.5. The molecule has 0 aliphatic heterocycles. The summed E-state index contributed by atoms with van der Waals surface area (Å²) in [6, 6.07) is 11.3. The Morgan fingerprint density at radius 1 is 1.36 bits per heavy atom. The van der Waals surface area contributed by atoms with Gasteiger partial charge in [0.15, 0.2) is 5.58 Å². The summed E-state index contributed by atoms with van der Waals surface area (Å²) in [5, 5.41) is 0. The van der Waals surface area contributed by atoms with E-state index >= 15 is 0 Å². The van der Waals surface area contributed by atoms with Crippen LogP contribution in [-0.2, 0) is 11.3 Å². The van der Waals surface area contributed by atoms with Crippen molar-refractivity contribution in [1.29, 1.82) is 0 Å². The second-order valence-corrected chi connectivity index (χ2v) is 6.88. The lowest BCUT2D eigenvalue weighted by Gasteiger charge is -2.19. The Morgan fingerprint density at radius 2 is 2.14 bits per heavy atom. The Morgan fingerprint density at radius 3 is 2.82 bits per heavy atom. The lowest BCUT2D eigenvalue weighted by atomic mass is 10.1. The summed E-state index contributed by atoms with van der Waals surface area (Å²) in [5.41, 5.74) is 1.54. The molecule has 0 aliphatic carbocycles. The van der Waals surface area contributed by atoms with Gasteiger partial charge in [0, 0.05) is 11.9 Å². The Bertz CT molecular complexity index is 778. The fourth-order valence-electron chi connectivity index (χ4n) is 2.28. The second kappa shape index (κ2) is 6.10. The number of carbonyl (C=O) groups is 1. The predicted molar refractivity (Wildman–Crippen MR) is 88.2 cm³/mol. The van der Waals surface area contributed by atoms with Crippen molar-refractivity contribution in [3.63, 3.8) is 0 Å². The average molecular weight is 335 g/mol. The molecule has 3 aromatic rings. The van der Waals surface area contributed by atoms with E-state index in [4.69, 9.17) is 16.0 Å². The zero-order valence-corrected chi connectivity index (χ0v) is 13.8. The smallest absolute Gasteiger partial charge is 0.230 e. The maximum atomic E-state index is 12.5. The molecule has 2 heterocycles. The number of rotatable bonds is 4. The monoisotopic (exact) mass is 334 g/mol. The van der Waals surface area contributed by atoms with E-state index in [1.807, 2.05) is 43.3 Å². The molecular formula is C16H15ClN2O2S. The number of carbonyl (C=O) groups excluding carboxylic acids is 1. The van der Waals surface area contributed by atoms with Crippen LogP contribution < -0.4 is 0 Å². The van der Waals surface area contributed by atoms with Gasteiger partial charge in [0.25, 0.3) is 0 Å². The molecule has 0 saturated heterocycles. The predicted octanol–water partition coefficient (Wildman–Crippen LogP) is 4.30. The third-order valence-electron chi connectivity index (χ3n) is 3.48. The fraction of sp³-hybridized carbons (Fsp3) is 0.250. The van der Waals surface area contributed by atoms with E-state index in [2.05, 4.69) is 4.98 Å². The Kier molecular flexibility index (Phi) is 4.18. The molecule has 1 unspecified atom stereocenters. The standard InChI is InChI=1S/C16H15ClN2O2S/c1-10(13-7-8-14(17)22-13)16(20)19(2)9-15-18-11-5-3-4-6-12(11)21-15/h3-8,10H,9H2,1-2H3. The summed E-state index contributed by atoms with van der Waals surface area (Å²) < 4.78 is 6.35. The lowest BCUT2D eigenvalue weighted by Crippen LogP contribution is -2.30. The van der Waals surface area contributed by atoms with Gasteiger partial charge in [-0.25, -0.2) is 4.98 Å². The molecule has 0 N–H and O–H groups in total. The van der Waals surface area contributed by atoms with E-state index in [0.717, 1.165) is 16.0 Å². The van der Waals surface area contributed by atoms with Crippen LogP contribution in [0.15, 0.2) is 40.8 Å². The van der Waals surface area contributed by atoms with Gasteiger partial charge in [-0.15, -0.1) is 11.3 Å². The van der Waals surface area contributed by atoms with Crippen molar-refractivity contribution in [2.75, 3.05) is 7.05 Å². The van der Waals surface area contributed by atoms with Crippen LogP contribution >= 0.6 is 22.9 Å². The molecule has 0 aliphatic rings. The Hall–Kier alpha value is -1.85. The number of hydrogen-bond acceptors (Lipinski definition) is 4. The van der Waals surface area contributed by atoms with E-state index in [0.29, 0.717) is 16.8 Å². The summed E-state index contributed by atoms with van der Waals surface area (Å²) in [6.07, 6.45) is 0. The first kappa shape index (κ1) is 15.1. The highest BCUT2D eigenvalue weighted by atomic mass is 35.5. The highest BCUT2D eigenvalue weighted by Gasteiger charge is 2.22. The highest BCUT2D eigenvalue weighted by Crippen LogP contribution is 2.29. The third-order valence-corrected chi connectivity index (χ3v) is 4.89. The van der Waals surface area contributed by atoms with Gasteiger partial charge in [-0.1, -0.05) is 23.7 Å². The summed E-state index contributed by atoms with van der Waals surface area (Å²) in [6.45, 7) is 2.23. The van der Waals surface area contributed by atoms with Crippen molar-refractivity contribution >= 4 is 39.9 Å². The number of nitrogens with zero attached hydrogens (tertiary/aromatic N) is 2. The van der Waals surface area contributed by atoms with Gasteiger partial charge in [-0.2, -0.15) is 0 Å². The van der Waals surface area contributed by atoms with E-state index in [-0.39, 0.29) is 11.8 Å². The Labute approximate surface area is 137 Å². The molecule has 2 aromatic heterocycles. The number of halogens is 1. The van der Waals surface area contributed by atoms with Gasteiger partial charge in [-0.05, 0) is 31.2 Å². The normalized spacial score (nSPS) is 12.5. The van der Waals surface area contributed by atoms with Crippen LogP contribution in [-0.4, -0.2) is 22.8 Å². The molecule has 114 valence electrons. The molecule has 3 rings (SSSR count). The largest absolute Gasteiger partial charge is 0.439 e. The maximum absolute atomic E-state index is 12.5. The summed E-state index contributed by atoms with van der Waals surface area (Å²) >= 11 is 7.36. The van der Waals surface area contributed by atoms with Crippen molar-refractivity contribution in [2.45, 2.75) is 19.4 Å². The summed E-state index contributed by atoms with van der Waals surface area (Å²) in [4.78, 5) is 19.5. The van der Waals surface area contributed by atoms with Crippen molar-refractivity contribution in [3.05, 3.63) is 51.5 Å². The number of thiophene rings is 1. The van der Waals surface area contributed by atoms with E-state index in [1.165, 1.54) is 11.3 Å². The molecule has 6 heteroatoms. The lowest BCUT2D eigenvalue weighted by molar-refractivity contribution is -0.131. The van der Waals surface area contributed by atoms with E-state index < -0.39 is 0 Å². The fourth-order valence-corrected chi connectivity index (χ4v) is 3.39. The zero-order chi connectivity index (χ0) is 15.7. The SMILES string of the molecule is CC(C(=O)N(C)Cc1nc2ccccc2o1)c1ccc(Cl)s1. The quantitative estimate of drug-likeness (QED) is 0.714. The molecule has 1 aromatic carbocycles. The third kappa shape index (κ3) is 3.00. The van der Waals surface area contributed by atoms with Gasteiger partial charge >= 0.3 is 0 Å². The molecule has 0 fully saturated rings. The topological polar surface area (TPSA) is 46.3 Å². The minimum Gasteiger partial charge on any atom is -0.439 e. The molecule has 22 heavy (non-hydrogen) atoms. The van der Waals surface area contributed by atoms with Crippen molar-refractivity contribution < 1.29 is 9.21 Å². The van der Waals surface area contributed by atoms with Gasteiger partial charge in [0.2, 0.25) is 11.8 Å². The van der Waals surface area contributed by atoms with Crippen molar-refractivity contribution in [3.8, 4) is 0 Å². The molecule has 1 amide bonds. The zero-order valence-electron chi connectivity index (χ0n) is 12.2. The number of hydrogen-bond donors (Lipinski definition) is 0. The molecule has 0 bridgehead atoms. The van der Waals surface area contributed by atoms with Crippen LogP contribution in [0.2, 0.25) is 4.34 Å². The second-order valence-electron chi connectivity index (χ2n) is 5.13. The first-order valence-corrected chi connectivity index (χ1v) is 8.08. The van der Waals surface area contributed by atoms with Gasteiger partial charge in [0.1, 0.15) is 5.52 Å². The molecular weight excluding hydrogens is 320 g/mol. The average Bonchev–Trinajstić information content (AvgIpc) is 3.11. The van der Waals surface area contributed by atoms with Crippen molar-refractivity contribution in [2.24, 2.45) is 0 Å². The van der Waals surface area contributed by atoms with Crippen LogP contribution in [0.25, 0.3) is 11.1 Å². The molecule has 4 nitrogen and oxygen atoms in total. The maximum Gasteiger partial charge on any atom is 0.230 e. The van der Waals surface area contributed by atoms with Crippen LogP contribution in [0.4, 0.5) is 0 Å². The molecule has 0 saturated carbocycles. The number of likely N-dealkylation sites (N-methyl/N-ethyl adjacent to an activating group) is 1. The van der Waals surface area contributed by atoms with Crippen LogP contribution in [0.3, 0.4) is 0 Å². The number of oxazole rings is 1. The first-order valence-electron chi connectivity index (χ1n) is 6.89. The van der Waals surface area contributed by atoms with E-state index in [9.17, 15) is 4.79 Å². The minimum atomic E-state index is -0.230. The van der Waals surface area contributed by atoms with Gasteiger partial charge in [0.05, 0.1) is 16.8 Å². The number of amides is 1. The number of benzene rings is 1. The number of aromatic nitrogens is 1. The molecule has 0 spiro atoms. The summed E-state index contributed by atoms with van der Waals surface area (Å²) in [5.74, 6) is 0.320. The molecule has 0 radical (unpaired) electrons. The van der Waals surface area contributed by atoms with E-state index in [1.54, 1.807) is 11.9 Å². The van der Waals surface area contributed by atoms with Crippen LogP contribution in [0, 0.1) is 0 Å². The van der Waals surface area contributed by atoms with Gasteiger partial charge in [-0.3, -0.25) is 4.79 Å². The number of para-hydroxylation sites is 2. The van der Waals surface area contributed by atoms with Crippen molar-refractivity contribution in [1.82, 2.24) is 9.88 Å². The van der Waals surface area contributed by atoms with Crippen LogP contribution in [0.1, 0.15) is 23.6 Å². The van der Waals surface area contributed by atoms with Crippen LogP contribution in [0.5, 0.6) is 0 Å². The Balaban J connectivity index is 1.73. The van der Waals surface area contributed by atoms with Gasteiger partial charge < -0.3 is 9.32 Å². The minimum absolute atomic E-state index is 0.0146. The summed E-state index contributed by atoms with van der Waals surface area (Å²) in [7, 11) is 1.75. The number of fused-ring (bicyclic) bond motifs is 1. The highest BCUT2D eigenvalue weighted by molar-refractivity contribution is 7.16.